The van der Waals surface area contributed by atoms with Gasteiger partial charge < -0.3 is 5.73 Å². The molecule has 0 aromatic heterocycles. The first-order valence-corrected chi connectivity index (χ1v) is 4.56. The van der Waals surface area contributed by atoms with Crippen molar-refractivity contribution < 1.29 is 9.59 Å². The van der Waals surface area contributed by atoms with E-state index in [1.54, 1.807) is 24.3 Å². The largest absolute Gasteiger partial charge is 0.322 e. The maximum absolute atomic E-state index is 11.4. The Morgan fingerprint density at radius 3 is 2.53 bits per heavy atom. The molecule has 80 valence electrons. The number of nitrogens with two attached hydrogens (primary N) is 1. The average molecular weight is 228 g/mol. The number of carbonyl (C=O) groups excluding carboxylic acids is 2. The van der Waals surface area contributed by atoms with Crippen molar-refractivity contribution in [3.63, 3.8) is 0 Å². The van der Waals surface area contributed by atoms with Crippen LogP contribution in [0.15, 0.2) is 24.3 Å². The molecule has 0 unspecified atom stereocenters. The van der Waals surface area contributed by atoms with Crippen molar-refractivity contribution >= 4 is 23.4 Å². The zero-order valence-corrected chi connectivity index (χ0v) is 8.54. The van der Waals surface area contributed by atoms with E-state index in [-0.39, 0.29) is 12.1 Å². The Labute approximate surface area is 91.6 Å². The first-order chi connectivity index (χ1) is 7.15. The van der Waals surface area contributed by atoms with Crippen molar-refractivity contribution in [2.24, 2.45) is 5.73 Å². The molecule has 2 amide bonds. The van der Waals surface area contributed by atoms with Gasteiger partial charge in [0.2, 0.25) is 0 Å². The average Bonchev–Trinajstić information content (AvgIpc) is 2.26. The second-order valence-corrected chi connectivity index (χ2v) is 3.09. The quantitative estimate of drug-likeness (QED) is 0.625. The van der Waals surface area contributed by atoms with Crippen molar-refractivity contribution in [2.75, 3.05) is 6.54 Å². The molecule has 0 atom stereocenters. The van der Waals surface area contributed by atoms with Crippen molar-refractivity contribution in [2.45, 2.75) is 0 Å². The van der Waals surface area contributed by atoms with Crippen LogP contribution >= 0.6 is 11.6 Å². The second-order valence-electron chi connectivity index (χ2n) is 2.69. The maximum Gasteiger partial charge on any atom is 0.271 e. The molecule has 0 bridgehead atoms. The molecular formula is C9H10ClN3O2. The lowest BCUT2D eigenvalue weighted by atomic mass is 10.2. The summed E-state index contributed by atoms with van der Waals surface area (Å²) in [5.74, 6) is -0.960. The van der Waals surface area contributed by atoms with Crippen molar-refractivity contribution in [3.8, 4) is 0 Å². The summed E-state index contributed by atoms with van der Waals surface area (Å²) in [6, 6.07) is 6.51. The minimum Gasteiger partial charge on any atom is -0.322 e. The topological polar surface area (TPSA) is 84.2 Å². The molecule has 5 nitrogen and oxygen atoms in total. The Morgan fingerprint density at radius 1 is 1.27 bits per heavy atom. The molecule has 0 aliphatic rings. The predicted molar refractivity (Wildman–Crippen MR) is 56.1 cm³/mol. The number of amides is 2. The summed E-state index contributed by atoms with van der Waals surface area (Å²) in [4.78, 5) is 22.2. The predicted octanol–water partition coefficient (Wildman–Crippen LogP) is 0.0597. The zero-order valence-electron chi connectivity index (χ0n) is 7.79. The van der Waals surface area contributed by atoms with E-state index in [9.17, 15) is 9.59 Å². The van der Waals surface area contributed by atoms with E-state index in [2.05, 4.69) is 10.9 Å². The molecule has 1 rings (SSSR count). The lowest BCUT2D eigenvalue weighted by Crippen LogP contribution is -2.44. The van der Waals surface area contributed by atoms with Crippen LogP contribution < -0.4 is 16.6 Å². The molecule has 0 saturated carbocycles. The number of hydrogen-bond acceptors (Lipinski definition) is 3. The van der Waals surface area contributed by atoms with Crippen molar-refractivity contribution in [1.82, 2.24) is 10.9 Å². The van der Waals surface area contributed by atoms with Gasteiger partial charge in [-0.15, -0.1) is 0 Å². The molecular weight excluding hydrogens is 218 g/mol. The van der Waals surface area contributed by atoms with E-state index in [1.165, 1.54) is 0 Å². The van der Waals surface area contributed by atoms with Crippen molar-refractivity contribution in [1.29, 1.82) is 0 Å². The van der Waals surface area contributed by atoms with Gasteiger partial charge in [0.25, 0.3) is 11.8 Å². The van der Waals surface area contributed by atoms with Gasteiger partial charge in [-0.3, -0.25) is 20.4 Å². The highest BCUT2D eigenvalue weighted by Gasteiger charge is 2.09. The third-order valence-electron chi connectivity index (χ3n) is 1.62. The number of halogens is 1. The van der Waals surface area contributed by atoms with E-state index < -0.39 is 11.8 Å². The summed E-state index contributed by atoms with van der Waals surface area (Å²) >= 11 is 5.77. The summed E-state index contributed by atoms with van der Waals surface area (Å²) in [6.45, 7) is -0.192. The first-order valence-electron chi connectivity index (χ1n) is 4.19. The van der Waals surface area contributed by atoms with Gasteiger partial charge in [-0.05, 0) is 12.1 Å². The first kappa shape index (κ1) is 11.5. The van der Waals surface area contributed by atoms with Crippen LogP contribution in [-0.4, -0.2) is 18.4 Å². The van der Waals surface area contributed by atoms with Crippen LogP contribution in [0.1, 0.15) is 10.4 Å². The third kappa shape index (κ3) is 3.23. The Balaban J connectivity index is 2.62. The minimum atomic E-state index is -0.484. The number of hydrogen-bond donors (Lipinski definition) is 3. The fourth-order valence-corrected chi connectivity index (χ4v) is 1.11. The lowest BCUT2D eigenvalue weighted by molar-refractivity contribution is -0.120. The molecule has 15 heavy (non-hydrogen) atoms. The maximum atomic E-state index is 11.4. The highest BCUT2D eigenvalue weighted by atomic mass is 35.5. The number of rotatable bonds is 2. The zero-order chi connectivity index (χ0) is 11.3. The van der Waals surface area contributed by atoms with Gasteiger partial charge >= 0.3 is 0 Å². The smallest absolute Gasteiger partial charge is 0.271 e. The Morgan fingerprint density at radius 2 is 1.93 bits per heavy atom. The molecule has 6 heteroatoms. The molecule has 1 aromatic rings. The van der Waals surface area contributed by atoms with Gasteiger partial charge in [0.1, 0.15) is 0 Å². The molecule has 0 aliphatic carbocycles. The fourth-order valence-electron chi connectivity index (χ4n) is 0.890. The number of carbonyl (C=O) groups is 2. The second kappa shape index (κ2) is 5.33. The Kier molecular flexibility index (Phi) is 4.08. The van der Waals surface area contributed by atoms with Gasteiger partial charge in [-0.1, -0.05) is 23.7 Å². The van der Waals surface area contributed by atoms with Crippen LogP contribution in [-0.2, 0) is 4.79 Å². The molecule has 4 N–H and O–H groups in total. The molecule has 0 fully saturated rings. The van der Waals surface area contributed by atoms with Crippen LogP contribution in [0.4, 0.5) is 0 Å². The molecule has 0 spiro atoms. The van der Waals surface area contributed by atoms with Crippen LogP contribution in [0, 0.1) is 0 Å². The van der Waals surface area contributed by atoms with Gasteiger partial charge in [-0.25, -0.2) is 0 Å². The summed E-state index contributed by atoms with van der Waals surface area (Å²) in [5, 5.41) is 0.317. The molecule has 0 radical (unpaired) electrons. The van der Waals surface area contributed by atoms with E-state index >= 15 is 0 Å². The Hall–Kier alpha value is -1.59. The van der Waals surface area contributed by atoms with Gasteiger partial charge in [0.05, 0.1) is 17.1 Å². The summed E-state index contributed by atoms with van der Waals surface area (Å²) < 4.78 is 0. The standard InChI is InChI=1S/C9H10ClN3O2/c10-7-4-2-1-3-6(7)9(15)13-12-8(14)5-11/h1-4H,5,11H2,(H,12,14)(H,13,15). The highest BCUT2D eigenvalue weighted by molar-refractivity contribution is 6.33. The number of nitrogens with one attached hydrogen (secondary N) is 2. The fraction of sp³-hybridized carbons (Fsp3) is 0.111. The van der Waals surface area contributed by atoms with E-state index in [1.807, 2.05) is 0 Å². The van der Waals surface area contributed by atoms with Gasteiger partial charge in [0, 0.05) is 0 Å². The minimum absolute atomic E-state index is 0.192. The molecule has 1 aromatic carbocycles. The molecule has 0 heterocycles. The van der Waals surface area contributed by atoms with E-state index in [0.29, 0.717) is 5.02 Å². The van der Waals surface area contributed by atoms with Crippen molar-refractivity contribution in [3.05, 3.63) is 34.9 Å². The Bertz CT molecular complexity index is 381. The van der Waals surface area contributed by atoms with E-state index in [0.717, 1.165) is 0 Å². The molecule has 0 aliphatic heterocycles. The summed E-state index contributed by atoms with van der Waals surface area (Å²) in [7, 11) is 0. The molecule has 0 saturated heterocycles. The van der Waals surface area contributed by atoms with Crippen LogP contribution in [0.3, 0.4) is 0 Å². The van der Waals surface area contributed by atoms with Crippen LogP contribution in [0.25, 0.3) is 0 Å². The normalized spacial score (nSPS) is 9.47. The van der Waals surface area contributed by atoms with Gasteiger partial charge in [0.15, 0.2) is 0 Å². The summed E-state index contributed by atoms with van der Waals surface area (Å²) in [5.41, 5.74) is 9.65. The number of benzene rings is 1. The van der Waals surface area contributed by atoms with Gasteiger partial charge in [-0.2, -0.15) is 0 Å². The SMILES string of the molecule is NCC(=O)NNC(=O)c1ccccc1Cl. The van der Waals surface area contributed by atoms with Crippen LogP contribution in [0.5, 0.6) is 0 Å². The summed E-state index contributed by atoms with van der Waals surface area (Å²) in [6.07, 6.45) is 0. The van der Waals surface area contributed by atoms with E-state index in [4.69, 9.17) is 17.3 Å². The van der Waals surface area contributed by atoms with Crippen LogP contribution in [0.2, 0.25) is 5.02 Å². The number of hydrazine groups is 1. The monoisotopic (exact) mass is 227 g/mol. The highest BCUT2D eigenvalue weighted by Crippen LogP contribution is 2.13. The third-order valence-corrected chi connectivity index (χ3v) is 1.95. The lowest BCUT2D eigenvalue weighted by Gasteiger charge is -2.06.